The molecule has 0 saturated heterocycles. The molecular formula is C15H22O. The smallest absolute Gasteiger partial charge is 0.0545 e. The Morgan fingerprint density at radius 3 is 2.44 bits per heavy atom. The van der Waals surface area contributed by atoms with Crippen LogP contribution in [0.15, 0.2) is 18.2 Å². The average Bonchev–Trinajstić information content (AvgIpc) is 2.27. The molecule has 1 heteroatoms. The minimum atomic E-state index is -0.0237. The van der Waals surface area contributed by atoms with E-state index >= 15 is 0 Å². The zero-order valence-electron chi connectivity index (χ0n) is 10.4. The van der Waals surface area contributed by atoms with Crippen LogP contribution in [0.1, 0.15) is 43.4 Å². The molecular weight excluding hydrogens is 196 g/mol. The number of benzene rings is 1. The van der Waals surface area contributed by atoms with Gasteiger partial charge in [0.15, 0.2) is 0 Å². The van der Waals surface area contributed by atoms with Crippen molar-refractivity contribution in [3.63, 3.8) is 0 Å². The molecule has 1 fully saturated rings. The van der Waals surface area contributed by atoms with Gasteiger partial charge >= 0.3 is 0 Å². The molecule has 1 aromatic rings. The average molecular weight is 218 g/mol. The zero-order valence-corrected chi connectivity index (χ0v) is 10.4. The SMILES string of the molecule is CCc1ccc(CC)c(CC2CC(O)C2)c1. The van der Waals surface area contributed by atoms with Crippen molar-refractivity contribution in [1.29, 1.82) is 0 Å². The summed E-state index contributed by atoms with van der Waals surface area (Å²) in [6.07, 6.45) is 5.37. The van der Waals surface area contributed by atoms with Crippen molar-refractivity contribution in [2.75, 3.05) is 0 Å². The summed E-state index contributed by atoms with van der Waals surface area (Å²) in [7, 11) is 0. The molecule has 1 saturated carbocycles. The van der Waals surface area contributed by atoms with Crippen LogP contribution in [-0.4, -0.2) is 11.2 Å². The van der Waals surface area contributed by atoms with Gasteiger partial charge in [0.05, 0.1) is 6.10 Å². The molecule has 0 radical (unpaired) electrons. The Hall–Kier alpha value is -0.820. The highest BCUT2D eigenvalue weighted by Gasteiger charge is 2.27. The maximum atomic E-state index is 9.32. The van der Waals surface area contributed by atoms with E-state index in [0.29, 0.717) is 5.92 Å². The van der Waals surface area contributed by atoms with Crippen LogP contribution in [0, 0.1) is 5.92 Å². The molecule has 16 heavy (non-hydrogen) atoms. The summed E-state index contributed by atoms with van der Waals surface area (Å²) in [4.78, 5) is 0. The Morgan fingerprint density at radius 1 is 1.12 bits per heavy atom. The van der Waals surface area contributed by atoms with Gasteiger partial charge in [-0.25, -0.2) is 0 Å². The lowest BCUT2D eigenvalue weighted by atomic mass is 9.77. The molecule has 0 bridgehead atoms. The van der Waals surface area contributed by atoms with E-state index in [9.17, 15) is 5.11 Å². The van der Waals surface area contributed by atoms with Crippen molar-refractivity contribution < 1.29 is 5.11 Å². The van der Waals surface area contributed by atoms with Gasteiger partial charge in [0.2, 0.25) is 0 Å². The highest BCUT2D eigenvalue weighted by Crippen LogP contribution is 2.31. The Balaban J connectivity index is 2.10. The maximum Gasteiger partial charge on any atom is 0.0545 e. The summed E-state index contributed by atoms with van der Waals surface area (Å²) in [5, 5.41) is 9.32. The van der Waals surface area contributed by atoms with E-state index in [-0.39, 0.29) is 6.10 Å². The fourth-order valence-electron chi connectivity index (χ4n) is 2.61. The molecule has 2 rings (SSSR count). The number of hydrogen-bond acceptors (Lipinski definition) is 1. The fraction of sp³-hybridized carbons (Fsp3) is 0.600. The third-order valence-corrected chi connectivity index (χ3v) is 3.78. The van der Waals surface area contributed by atoms with Gasteiger partial charge in [-0.05, 0) is 54.7 Å². The Labute approximate surface area is 98.5 Å². The summed E-state index contributed by atoms with van der Waals surface area (Å²) < 4.78 is 0. The van der Waals surface area contributed by atoms with Crippen LogP contribution < -0.4 is 0 Å². The first-order chi connectivity index (χ1) is 7.72. The van der Waals surface area contributed by atoms with Crippen LogP contribution in [0.2, 0.25) is 0 Å². The molecule has 1 aliphatic carbocycles. The predicted octanol–water partition coefficient (Wildman–Crippen LogP) is 3.12. The minimum Gasteiger partial charge on any atom is -0.393 e. The van der Waals surface area contributed by atoms with Crippen LogP contribution in [0.3, 0.4) is 0 Å². The van der Waals surface area contributed by atoms with Crippen molar-refractivity contribution in [2.45, 2.75) is 52.1 Å². The first-order valence-corrected chi connectivity index (χ1v) is 6.51. The van der Waals surface area contributed by atoms with Crippen molar-refractivity contribution >= 4 is 0 Å². The van der Waals surface area contributed by atoms with Crippen molar-refractivity contribution in [3.8, 4) is 0 Å². The summed E-state index contributed by atoms with van der Waals surface area (Å²) in [5.41, 5.74) is 4.43. The van der Waals surface area contributed by atoms with E-state index in [1.165, 1.54) is 16.7 Å². The molecule has 0 aliphatic heterocycles. The highest BCUT2D eigenvalue weighted by molar-refractivity contribution is 5.32. The molecule has 0 atom stereocenters. The predicted molar refractivity (Wildman–Crippen MR) is 67.6 cm³/mol. The Morgan fingerprint density at radius 2 is 1.88 bits per heavy atom. The normalized spacial score (nSPS) is 24.2. The van der Waals surface area contributed by atoms with Gasteiger partial charge in [0, 0.05) is 0 Å². The largest absolute Gasteiger partial charge is 0.393 e. The molecule has 1 nitrogen and oxygen atoms in total. The topological polar surface area (TPSA) is 20.2 Å². The second kappa shape index (κ2) is 5.01. The second-order valence-electron chi connectivity index (χ2n) is 5.01. The molecule has 0 amide bonds. The highest BCUT2D eigenvalue weighted by atomic mass is 16.3. The van der Waals surface area contributed by atoms with Gasteiger partial charge in [-0.1, -0.05) is 32.0 Å². The van der Waals surface area contributed by atoms with E-state index in [4.69, 9.17) is 0 Å². The quantitative estimate of drug-likeness (QED) is 0.823. The Bertz CT molecular complexity index is 350. The van der Waals surface area contributed by atoms with Crippen LogP contribution >= 0.6 is 0 Å². The van der Waals surface area contributed by atoms with E-state index in [2.05, 4.69) is 32.0 Å². The van der Waals surface area contributed by atoms with E-state index < -0.39 is 0 Å². The van der Waals surface area contributed by atoms with Gasteiger partial charge in [-0.2, -0.15) is 0 Å². The molecule has 1 aliphatic rings. The lowest BCUT2D eigenvalue weighted by Gasteiger charge is -2.32. The third-order valence-electron chi connectivity index (χ3n) is 3.78. The standard InChI is InChI=1S/C15H22O/c1-3-11-5-6-13(4-2)14(7-11)8-12-9-15(16)10-12/h5-7,12,15-16H,3-4,8-10H2,1-2H3. The van der Waals surface area contributed by atoms with Gasteiger partial charge in [-0.3, -0.25) is 0 Å². The summed E-state index contributed by atoms with van der Waals surface area (Å²) >= 11 is 0. The first-order valence-electron chi connectivity index (χ1n) is 6.51. The summed E-state index contributed by atoms with van der Waals surface area (Å²) in [6.45, 7) is 4.43. The number of aryl methyl sites for hydroxylation is 2. The summed E-state index contributed by atoms with van der Waals surface area (Å²) in [6, 6.07) is 6.89. The molecule has 0 unspecified atom stereocenters. The lowest BCUT2D eigenvalue weighted by molar-refractivity contribution is 0.0431. The van der Waals surface area contributed by atoms with Crippen LogP contribution in [-0.2, 0) is 19.3 Å². The lowest BCUT2D eigenvalue weighted by Crippen LogP contribution is -2.30. The van der Waals surface area contributed by atoms with Gasteiger partial charge in [0.1, 0.15) is 0 Å². The molecule has 88 valence electrons. The second-order valence-corrected chi connectivity index (χ2v) is 5.01. The van der Waals surface area contributed by atoms with E-state index in [1.807, 2.05) is 0 Å². The third kappa shape index (κ3) is 2.46. The monoisotopic (exact) mass is 218 g/mol. The van der Waals surface area contributed by atoms with Crippen molar-refractivity contribution in [3.05, 3.63) is 34.9 Å². The molecule has 0 spiro atoms. The van der Waals surface area contributed by atoms with Crippen molar-refractivity contribution in [1.82, 2.24) is 0 Å². The van der Waals surface area contributed by atoms with E-state index in [1.54, 1.807) is 0 Å². The van der Waals surface area contributed by atoms with E-state index in [0.717, 1.165) is 32.1 Å². The van der Waals surface area contributed by atoms with Crippen LogP contribution in [0.4, 0.5) is 0 Å². The number of hydrogen-bond donors (Lipinski definition) is 1. The molecule has 0 heterocycles. The molecule has 1 N–H and O–H groups in total. The number of aliphatic hydroxyl groups is 1. The van der Waals surface area contributed by atoms with Gasteiger partial charge in [0.25, 0.3) is 0 Å². The zero-order chi connectivity index (χ0) is 11.5. The van der Waals surface area contributed by atoms with Crippen LogP contribution in [0.25, 0.3) is 0 Å². The van der Waals surface area contributed by atoms with Crippen molar-refractivity contribution in [2.24, 2.45) is 5.92 Å². The Kier molecular flexibility index (Phi) is 3.65. The number of rotatable bonds is 4. The van der Waals surface area contributed by atoms with Gasteiger partial charge in [-0.15, -0.1) is 0 Å². The molecule has 0 aromatic heterocycles. The maximum absolute atomic E-state index is 9.32. The minimum absolute atomic E-state index is 0.0237. The summed E-state index contributed by atoms with van der Waals surface area (Å²) in [5.74, 6) is 0.715. The molecule has 1 aromatic carbocycles. The number of aliphatic hydroxyl groups excluding tert-OH is 1. The van der Waals surface area contributed by atoms with Crippen LogP contribution in [0.5, 0.6) is 0 Å². The first kappa shape index (κ1) is 11.7. The van der Waals surface area contributed by atoms with Gasteiger partial charge < -0.3 is 5.11 Å². The fourth-order valence-corrected chi connectivity index (χ4v) is 2.61.